The fourth-order valence-electron chi connectivity index (χ4n) is 2.45. The van der Waals surface area contributed by atoms with Gasteiger partial charge in [-0.15, -0.1) is 0 Å². The van der Waals surface area contributed by atoms with Crippen molar-refractivity contribution in [1.29, 1.82) is 0 Å². The van der Waals surface area contributed by atoms with Gasteiger partial charge in [0.1, 0.15) is 0 Å². The molecule has 1 atom stereocenters. The van der Waals surface area contributed by atoms with Gasteiger partial charge in [-0.2, -0.15) is 0 Å². The van der Waals surface area contributed by atoms with Gasteiger partial charge in [0.2, 0.25) is 0 Å². The minimum atomic E-state index is 0.437. The van der Waals surface area contributed by atoms with Crippen molar-refractivity contribution in [3.8, 4) is 0 Å². The van der Waals surface area contributed by atoms with Gasteiger partial charge in [0.15, 0.2) is 0 Å². The number of rotatable bonds is 4. The molecule has 0 aliphatic heterocycles. The van der Waals surface area contributed by atoms with Crippen LogP contribution in [0, 0.1) is 5.41 Å². The summed E-state index contributed by atoms with van der Waals surface area (Å²) < 4.78 is 1.56. The van der Waals surface area contributed by atoms with Crippen molar-refractivity contribution in [2.24, 2.45) is 5.41 Å². The van der Waals surface area contributed by atoms with E-state index in [0.29, 0.717) is 20.7 Å². The number of hydrogen-bond acceptors (Lipinski definition) is 0. The molecule has 1 fully saturated rings. The van der Waals surface area contributed by atoms with Crippen LogP contribution in [0.2, 0.25) is 0 Å². The van der Waals surface area contributed by atoms with Crippen LogP contribution in [0.4, 0.5) is 0 Å². The van der Waals surface area contributed by atoms with Crippen LogP contribution in [-0.4, -0.2) is 4.43 Å². The molecule has 0 spiro atoms. The van der Waals surface area contributed by atoms with E-state index in [2.05, 4.69) is 13.8 Å². The first-order chi connectivity index (χ1) is 5.83. The average Bonchev–Trinajstić information content (AvgIpc) is 2.07. The second-order valence-corrected chi connectivity index (χ2v) is 7.81. The molecule has 74 valence electrons. The van der Waals surface area contributed by atoms with Gasteiger partial charge in [-0.1, -0.05) is 0 Å². The van der Waals surface area contributed by atoms with Crippen molar-refractivity contribution in [2.75, 3.05) is 4.43 Å². The van der Waals surface area contributed by atoms with E-state index in [0.717, 1.165) is 5.41 Å². The van der Waals surface area contributed by atoms with E-state index in [9.17, 15) is 0 Å². The second kappa shape index (κ2) is 5.80. The average molecular weight is 299 g/mol. The van der Waals surface area contributed by atoms with Gasteiger partial charge in [-0.3, -0.25) is 0 Å². The molecule has 1 unspecified atom stereocenters. The van der Waals surface area contributed by atoms with Crippen LogP contribution in [0.25, 0.3) is 0 Å². The Kier molecular flexibility index (Phi) is 5.43. The van der Waals surface area contributed by atoms with Crippen molar-refractivity contribution in [1.82, 2.24) is 0 Å². The van der Waals surface area contributed by atoms with Gasteiger partial charge in [-0.05, 0) is 0 Å². The molecule has 0 aromatic rings. The number of halogens is 1. The van der Waals surface area contributed by atoms with E-state index in [1.807, 2.05) is 0 Å². The van der Waals surface area contributed by atoms with Crippen LogP contribution in [-0.2, 0) is 0 Å². The van der Waals surface area contributed by atoms with Crippen LogP contribution >= 0.6 is 6.88 Å². The Morgan fingerprint density at radius 3 is 2.42 bits per heavy atom. The quantitative estimate of drug-likeness (QED) is 0.405. The van der Waals surface area contributed by atoms with Gasteiger partial charge < -0.3 is 0 Å². The number of alkyl halides is 1. The standard InChI is InChI=1S/C10H21IP/c1-2-6-10(9-11-12)7-4-3-5-8-10/h2-9,12H2,1H3/q-1. The summed E-state index contributed by atoms with van der Waals surface area (Å²) in [6.45, 7) is 5.35. The van der Waals surface area contributed by atoms with Crippen LogP contribution < -0.4 is 20.7 Å². The Hall–Kier alpha value is 1.16. The molecule has 0 radical (unpaired) electrons. The molecule has 12 heavy (non-hydrogen) atoms. The topological polar surface area (TPSA) is 0 Å². The molecule has 0 amide bonds. The van der Waals surface area contributed by atoms with Crippen molar-refractivity contribution in [3.05, 3.63) is 0 Å². The fraction of sp³-hybridized carbons (Fsp3) is 1.00. The van der Waals surface area contributed by atoms with Crippen LogP contribution in [0.5, 0.6) is 0 Å². The Morgan fingerprint density at radius 2 is 1.92 bits per heavy atom. The predicted molar refractivity (Wildman–Crippen MR) is 55.0 cm³/mol. The zero-order chi connectivity index (χ0) is 8.86. The summed E-state index contributed by atoms with van der Waals surface area (Å²) >= 11 is 0.437. The van der Waals surface area contributed by atoms with Crippen molar-refractivity contribution in [3.63, 3.8) is 0 Å². The van der Waals surface area contributed by atoms with E-state index in [-0.39, 0.29) is 0 Å². The molecule has 0 N–H and O–H groups in total. The summed E-state index contributed by atoms with van der Waals surface area (Å²) in [5.41, 5.74) is 0.808. The van der Waals surface area contributed by atoms with E-state index in [4.69, 9.17) is 0 Å². The molecule has 0 aromatic heterocycles. The van der Waals surface area contributed by atoms with Crippen LogP contribution in [0.1, 0.15) is 51.9 Å². The summed E-state index contributed by atoms with van der Waals surface area (Å²) in [6.07, 6.45) is 10.5. The monoisotopic (exact) mass is 299 g/mol. The van der Waals surface area contributed by atoms with Crippen molar-refractivity contribution >= 4 is 6.88 Å². The third kappa shape index (κ3) is 3.14. The fourth-order valence-corrected chi connectivity index (χ4v) is 6.72. The van der Waals surface area contributed by atoms with Gasteiger partial charge in [0.05, 0.1) is 0 Å². The molecule has 1 saturated carbocycles. The van der Waals surface area contributed by atoms with E-state index < -0.39 is 0 Å². The molecular formula is C10H21IP-. The first-order valence-electron chi connectivity index (χ1n) is 5.11. The van der Waals surface area contributed by atoms with Crippen molar-refractivity contribution in [2.45, 2.75) is 51.9 Å². The van der Waals surface area contributed by atoms with Gasteiger partial charge in [-0.25, -0.2) is 0 Å². The SMILES string of the molecule is CCCC1(C[I-]P)CCCCC1. The molecule has 0 heterocycles. The first kappa shape index (κ1) is 11.2. The zero-order valence-corrected chi connectivity index (χ0v) is 11.4. The zero-order valence-electron chi connectivity index (χ0n) is 8.11. The normalized spacial score (nSPS) is 22.8. The summed E-state index contributed by atoms with van der Waals surface area (Å²) in [4.78, 5) is 0. The van der Waals surface area contributed by atoms with Crippen molar-refractivity contribution < 1.29 is 20.7 Å². The molecule has 1 rings (SSSR count). The third-order valence-corrected chi connectivity index (χ3v) is 6.15. The number of hydrogen-bond donors (Lipinski definition) is 0. The predicted octanol–water partition coefficient (Wildman–Crippen LogP) is 0.616. The molecule has 0 nitrogen and oxygen atoms in total. The van der Waals surface area contributed by atoms with Gasteiger partial charge in [0.25, 0.3) is 0 Å². The molecule has 0 saturated heterocycles. The maximum absolute atomic E-state index is 3.01. The summed E-state index contributed by atoms with van der Waals surface area (Å²) in [5.74, 6) is 0. The molecular weight excluding hydrogens is 278 g/mol. The Labute approximate surface area is 89.1 Å². The van der Waals surface area contributed by atoms with E-state index >= 15 is 0 Å². The molecule has 2 heteroatoms. The third-order valence-electron chi connectivity index (χ3n) is 3.06. The second-order valence-electron chi connectivity index (χ2n) is 4.10. The van der Waals surface area contributed by atoms with Gasteiger partial charge in [0, 0.05) is 0 Å². The summed E-state index contributed by atoms with van der Waals surface area (Å²) in [5, 5.41) is 0. The Balaban J connectivity index is 2.44. The minimum absolute atomic E-state index is 0.437. The Bertz CT molecular complexity index is 103. The molecule has 1 aliphatic carbocycles. The summed E-state index contributed by atoms with van der Waals surface area (Å²) in [6, 6.07) is 0. The molecule has 1 aliphatic rings. The summed E-state index contributed by atoms with van der Waals surface area (Å²) in [7, 11) is 0. The van der Waals surface area contributed by atoms with Crippen LogP contribution in [0.3, 0.4) is 0 Å². The van der Waals surface area contributed by atoms with Gasteiger partial charge >= 0.3 is 89.2 Å². The maximum atomic E-state index is 3.01. The van der Waals surface area contributed by atoms with E-state index in [1.54, 1.807) is 4.43 Å². The Morgan fingerprint density at radius 1 is 1.25 bits per heavy atom. The van der Waals surface area contributed by atoms with Crippen LogP contribution in [0.15, 0.2) is 0 Å². The molecule has 0 bridgehead atoms. The first-order valence-corrected chi connectivity index (χ1v) is 10.8. The van der Waals surface area contributed by atoms with E-state index in [1.165, 1.54) is 44.9 Å². The molecule has 0 aromatic carbocycles.